The number of hydrogen-bond acceptors (Lipinski definition) is 5. The third-order valence-corrected chi connectivity index (χ3v) is 3.67. The maximum atomic E-state index is 12.1. The molecule has 126 valence electrons. The molecule has 5 nitrogen and oxygen atoms in total. The number of carbonyl (C=O) groups excluding carboxylic acids is 1. The maximum absolute atomic E-state index is 12.1. The lowest BCUT2D eigenvalue weighted by Gasteiger charge is -2.27. The molecule has 24 heavy (non-hydrogen) atoms. The minimum atomic E-state index is -0.477. The first-order valence-electron chi connectivity index (χ1n) is 7.76. The maximum Gasteiger partial charge on any atom is 0.374 e. The molecule has 1 atom stereocenters. The number of furan rings is 1. The van der Waals surface area contributed by atoms with Crippen LogP contribution in [0.4, 0.5) is 0 Å². The van der Waals surface area contributed by atoms with Crippen LogP contribution in [-0.4, -0.2) is 18.9 Å². The van der Waals surface area contributed by atoms with Gasteiger partial charge in [0.25, 0.3) is 0 Å². The summed E-state index contributed by atoms with van der Waals surface area (Å²) in [5.74, 6) is 1.18. The van der Waals surface area contributed by atoms with Crippen molar-refractivity contribution in [1.29, 1.82) is 0 Å². The van der Waals surface area contributed by atoms with Gasteiger partial charge < -0.3 is 18.6 Å². The fraction of sp³-hybridized carbons (Fsp3) is 0.316. The molecule has 1 unspecified atom stereocenters. The summed E-state index contributed by atoms with van der Waals surface area (Å²) >= 11 is 0. The lowest BCUT2D eigenvalue weighted by atomic mass is 9.88. The second-order valence-electron chi connectivity index (χ2n) is 6.64. The van der Waals surface area contributed by atoms with Crippen LogP contribution in [0.2, 0.25) is 0 Å². The molecule has 1 aromatic carbocycles. The molecular weight excluding hydrogens is 308 g/mol. The summed E-state index contributed by atoms with van der Waals surface area (Å²) in [4.78, 5) is 12.1. The fourth-order valence-electron chi connectivity index (χ4n) is 2.29. The summed E-state index contributed by atoms with van der Waals surface area (Å²) in [6, 6.07) is 8.93. The summed E-state index contributed by atoms with van der Waals surface area (Å²) in [6.45, 7) is 6.28. The van der Waals surface area contributed by atoms with Gasteiger partial charge in [0.1, 0.15) is 6.10 Å². The van der Waals surface area contributed by atoms with Gasteiger partial charge in [-0.1, -0.05) is 32.9 Å². The molecule has 1 aromatic heterocycles. The average molecular weight is 328 g/mol. The molecule has 0 saturated carbocycles. The van der Waals surface area contributed by atoms with Gasteiger partial charge >= 0.3 is 5.97 Å². The van der Waals surface area contributed by atoms with Crippen LogP contribution in [0, 0.1) is 5.41 Å². The van der Waals surface area contributed by atoms with Crippen molar-refractivity contribution in [3.05, 3.63) is 54.0 Å². The predicted molar refractivity (Wildman–Crippen MR) is 89.0 cm³/mol. The number of rotatable bonds is 4. The molecule has 1 aliphatic heterocycles. The highest BCUT2D eigenvalue weighted by Gasteiger charge is 2.27. The molecule has 0 fully saturated rings. The van der Waals surface area contributed by atoms with Crippen LogP contribution in [-0.2, 0) is 4.74 Å². The number of hydrogen-bond donors (Lipinski definition) is 0. The minimum Gasteiger partial charge on any atom is -0.457 e. The van der Waals surface area contributed by atoms with Crippen molar-refractivity contribution in [3.8, 4) is 11.5 Å². The van der Waals surface area contributed by atoms with Crippen molar-refractivity contribution in [2.45, 2.75) is 26.9 Å². The normalized spacial score (nSPS) is 14.8. The zero-order chi connectivity index (χ0) is 17.2. The minimum absolute atomic E-state index is 0.195. The van der Waals surface area contributed by atoms with Crippen LogP contribution in [0.1, 0.15) is 36.9 Å². The number of ether oxygens (including phenoxy) is 3. The van der Waals surface area contributed by atoms with E-state index in [4.69, 9.17) is 18.6 Å². The Balaban J connectivity index is 1.76. The van der Waals surface area contributed by atoms with Crippen molar-refractivity contribution in [2.24, 2.45) is 5.41 Å². The Morgan fingerprint density at radius 1 is 1.21 bits per heavy atom. The fourth-order valence-corrected chi connectivity index (χ4v) is 2.29. The van der Waals surface area contributed by atoms with E-state index < -0.39 is 12.1 Å². The molecule has 0 N–H and O–H groups in total. The second-order valence-corrected chi connectivity index (χ2v) is 6.64. The largest absolute Gasteiger partial charge is 0.457 e. The van der Waals surface area contributed by atoms with Gasteiger partial charge in [0.15, 0.2) is 11.5 Å². The highest BCUT2D eigenvalue weighted by atomic mass is 16.7. The van der Waals surface area contributed by atoms with E-state index in [9.17, 15) is 4.79 Å². The topological polar surface area (TPSA) is 57.9 Å². The van der Waals surface area contributed by atoms with Crippen molar-refractivity contribution < 1.29 is 23.4 Å². The SMILES string of the molecule is CC(C)(C)C(/C=C/c1ccc2c(c1)OCO2)OC(=O)c1ccco1. The molecule has 3 rings (SSSR count). The smallest absolute Gasteiger partial charge is 0.374 e. The van der Waals surface area contributed by atoms with Crippen LogP contribution >= 0.6 is 0 Å². The van der Waals surface area contributed by atoms with Crippen molar-refractivity contribution in [3.63, 3.8) is 0 Å². The van der Waals surface area contributed by atoms with E-state index in [1.54, 1.807) is 12.1 Å². The zero-order valence-corrected chi connectivity index (χ0v) is 13.9. The third-order valence-electron chi connectivity index (χ3n) is 3.67. The Labute approximate surface area is 140 Å². The van der Waals surface area contributed by atoms with Gasteiger partial charge in [0.05, 0.1) is 6.26 Å². The predicted octanol–water partition coefficient (Wildman–Crippen LogP) is 4.29. The van der Waals surface area contributed by atoms with Crippen LogP contribution < -0.4 is 9.47 Å². The molecule has 2 aromatic rings. The lowest BCUT2D eigenvalue weighted by molar-refractivity contribution is 0.0119. The van der Waals surface area contributed by atoms with Gasteiger partial charge in [-0.15, -0.1) is 0 Å². The third kappa shape index (κ3) is 3.62. The Hall–Kier alpha value is -2.69. The molecule has 0 aliphatic carbocycles. The molecule has 5 heteroatoms. The van der Waals surface area contributed by atoms with Gasteiger partial charge in [-0.3, -0.25) is 0 Å². The second kappa shape index (κ2) is 6.43. The van der Waals surface area contributed by atoms with E-state index in [1.807, 2.05) is 51.1 Å². The standard InChI is InChI=1S/C19H20O5/c1-19(2,3)17(24-18(20)15-5-4-10-21-15)9-7-13-6-8-14-16(11-13)23-12-22-14/h4-11,17H,12H2,1-3H3/b9-7+. The number of benzene rings is 1. The monoisotopic (exact) mass is 328 g/mol. The van der Waals surface area contributed by atoms with E-state index in [0.717, 1.165) is 17.1 Å². The van der Waals surface area contributed by atoms with E-state index in [2.05, 4.69) is 0 Å². The van der Waals surface area contributed by atoms with Crippen molar-refractivity contribution in [2.75, 3.05) is 6.79 Å². The first-order chi connectivity index (χ1) is 11.4. The number of esters is 1. The highest BCUT2D eigenvalue weighted by molar-refractivity contribution is 5.86. The lowest BCUT2D eigenvalue weighted by Crippen LogP contribution is -2.29. The van der Waals surface area contributed by atoms with Gasteiger partial charge in [0, 0.05) is 5.41 Å². The van der Waals surface area contributed by atoms with Gasteiger partial charge in [0.2, 0.25) is 12.6 Å². The molecule has 0 radical (unpaired) electrons. The van der Waals surface area contributed by atoms with Crippen LogP contribution in [0.15, 0.2) is 47.1 Å². The van der Waals surface area contributed by atoms with Crippen molar-refractivity contribution in [1.82, 2.24) is 0 Å². The van der Waals surface area contributed by atoms with Crippen molar-refractivity contribution >= 4 is 12.0 Å². The first-order valence-corrected chi connectivity index (χ1v) is 7.76. The molecule has 0 bridgehead atoms. The molecule has 0 spiro atoms. The van der Waals surface area contributed by atoms with E-state index >= 15 is 0 Å². The number of carbonyl (C=O) groups is 1. The summed E-state index contributed by atoms with van der Waals surface area (Å²) < 4.78 is 21.4. The van der Waals surface area contributed by atoms with Crippen LogP contribution in [0.5, 0.6) is 11.5 Å². The Morgan fingerprint density at radius 2 is 2.00 bits per heavy atom. The van der Waals surface area contributed by atoms with Gasteiger partial charge in [-0.2, -0.15) is 0 Å². The summed E-state index contributed by atoms with van der Waals surface area (Å²) in [5, 5.41) is 0. The van der Waals surface area contributed by atoms with E-state index in [1.165, 1.54) is 6.26 Å². The highest BCUT2D eigenvalue weighted by Crippen LogP contribution is 2.33. The van der Waals surface area contributed by atoms with E-state index in [0.29, 0.717) is 0 Å². The van der Waals surface area contributed by atoms with E-state index in [-0.39, 0.29) is 18.0 Å². The Bertz CT molecular complexity index is 738. The first kappa shape index (κ1) is 16.2. The van der Waals surface area contributed by atoms with Gasteiger partial charge in [-0.05, 0) is 35.9 Å². The quantitative estimate of drug-likeness (QED) is 0.784. The van der Waals surface area contributed by atoms with Crippen LogP contribution in [0.3, 0.4) is 0 Å². The Kier molecular flexibility index (Phi) is 4.34. The van der Waals surface area contributed by atoms with Gasteiger partial charge in [-0.25, -0.2) is 4.79 Å². The molecule has 0 amide bonds. The number of fused-ring (bicyclic) bond motifs is 1. The molecule has 1 aliphatic rings. The molecular formula is C19H20O5. The summed E-state index contributed by atoms with van der Waals surface area (Å²) in [7, 11) is 0. The zero-order valence-electron chi connectivity index (χ0n) is 13.9. The summed E-state index contributed by atoms with van der Waals surface area (Å²) in [5.41, 5.74) is 0.692. The molecule has 2 heterocycles. The average Bonchev–Trinajstić information content (AvgIpc) is 3.20. The summed E-state index contributed by atoms with van der Waals surface area (Å²) in [6.07, 6.45) is 4.83. The Morgan fingerprint density at radius 3 is 2.71 bits per heavy atom. The molecule has 0 saturated heterocycles. The van der Waals surface area contributed by atoms with Crippen LogP contribution in [0.25, 0.3) is 6.08 Å².